The van der Waals surface area contributed by atoms with Gasteiger partial charge in [0.15, 0.2) is 0 Å². The van der Waals surface area contributed by atoms with Crippen molar-refractivity contribution in [1.29, 1.82) is 0 Å². The lowest BCUT2D eigenvalue weighted by Gasteiger charge is -2.02. The van der Waals surface area contributed by atoms with Gasteiger partial charge in [0.25, 0.3) is 0 Å². The summed E-state index contributed by atoms with van der Waals surface area (Å²) in [6.07, 6.45) is 9.43. The van der Waals surface area contributed by atoms with Gasteiger partial charge in [-0.25, -0.2) is 0 Å². The molecular formula is C15H21Cl. The van der Waals surface area contributed by atoms with Crippen molar-refractivity contribution >= 4 is 17.7 Å². The molecule has 16 heavy (non-hydrogen) atoms. The maximum absolute atomic E-state index is 6.05. The van der Waals surface area contributed by atoms with E-state index in [1.54, 1.807) is 0 Å². The van der Waals surface area contributed by atoms with Crippen LogP contribution in [0.3, 0.4) is 0 Å². The van der Waals surface area contributed by atoms with Gasteiger partial charge in [-0.05, 0) is 30.4 Å². The first-order chi connectivity index (χ1) is 7.70. The Morgan fingerprint density at radius 1 is 1.19 bits per heavy atom. The molecule has 0 aromatic heterocycles. The Balaban J connectivity index is 2.25. The van der Waals surface area contributed by atoms with Crippen molar-refractivity contribution in [2.75, 3.05) is 0 Å². The molecule has 88 valence electrons. The van der Waals surface area contributed by atoms with Gasteiger partial charge < -0.3 is 0 Å². The summed E-state index contributed by atoms with van der Waals surface area (Å²) in [5, 5.41) is 0.834. The lowest BCUT2D eigenvalue weighted by molar-refractivity contribution is 0.540. The summed E-state index contributed by atoms with van der Waals surface area (Å²) in [6.45, 7) is 4.55. The highest BCUT2D eigenvalue weighted by atomic mass is 35.5. The summed E-state index contributed by atoms with van der Waals surface area (Å²) in [5.41, 5.74) is 1.12. The molecule has 0 aliphatic rings. The minimum absolute atomic E-state index is 0.826. The molecule has 1 aromatic rings. The highest BCUT2D eigenvalue weighted by Gasteiger charge is 1.94. The van der Waals surface area contributed by atoms with Crippen LogP contribution in [-0.4, -0.2) is 0 Å². The zero-order valence-electron chi connectivity index (χ0n) is 10.2. The fraction of sp³-hybridized carbons (Fsp3) is 0.467. The summed E-state index contributed by atoms with van der Waals surface area (Å²) in [6, 6.07) is 7.96. The third-order valence-electron chi connectivity index (χ3n) is 2.60. The van der Waals surface area contributed by atoms with Crippen molar-refractivity contribution in [3.05, 3.63) is 40.9 Å². The van der Waals surface area contributed by atoms with E-state index in [0.29, 0.717) is 0 Å². The topological polar surface area (TPSA) is 0 Å². The Kier molecular flexibility index (Phi) is 6.25. The van der Waals surface area contributed by atoms with Crippen LogP contribution in [0.1, 0.15) is 45.1 Å². The predicted octanol–water partition coefficient (Wildman–Crippen LogP) is 5.57. The van der Waals surface area contributed by atoms with Gasteiger partial charge in [-0.3, -0.25) is 0 Å². The van der Waals surface area contributed by atoms with E-state index in [2.05, 4.69) is 26.0 Å². The van der Waals surface area contributed by atoms with Gasteiger partial charge in [-0.2, -0.15) is 0 Å². The number of unbranched alkanes of at least 4 members (excludes halogenated alkanes) is 2. The first-order valence-electron chi connectivity index (χ1n) is 6.11. The molecule has 0 aliphatic carbocycles. The van der Waals surface area contributed by atoms with Crippen LogP contribution in [0.15, 0.2) is 30.3 Å². The lowest BCUT2D eigenvalue weighted by Crippen LogP contribution is -1.85. The summed E-state index contributed by atoms with van der Waals surface area (Å²) in [5.74, 6) is 0.826. The third kappa shape index (κ3) is 5.37. The fourth-order valence-electron chi connectivity index (χ4n) is 1.64. The standard InChI is InChI=1S/C15H21Cl/c1-13(2)9-5-3-4-6-10-14-11-7-8-12-15(14)16/h6-8,10-13H,3-5,9H2,1-2H3. The number of benzene rings is 1. The maximum atomic E-state index is 6.05. The normalized spacial score (nSPS) is 11.5. The molecule has 0 bridgehead atoms. The van der Waals surface area contributed by atoms with E-state index in [0.717, 1.165) is 22.9 Å². The molecule has 0 nitrogen and oxygen atoms in total. The number of allylic oxidation sites excluding steroid dienone is 1. The van der Waals surface area contributed by atoms with Gasteiger partial charge in [0.2, 0.25) is 0 Å². The van der Waals surface area contributed by atoms with Gasteiger partial charge in [-0.15, -0.1) is 0 Å². The van der Waals surface area contributed by atoms with Crippen LogP contribution in [0.5, 0.6) is 0 Å². The second kappa shape index (κ2) is 7.51. The molecular weight excluding hydrogens is 216 g/mol. The minimum Gasteiger partial charge on any atom is -0.0839 e. The molecule has 0 aliphatic heterocycles. The molecule has 1 heteroatoms. The summed E-state index contributed by atoms with van der Waals surface area (Å²) >= 11 is 6.05. The maximum Gasteiger partial charge on any atom is 0.0478 e. The molecule has 0 spiro atoms. The van der Waals surface area contributed by atoms with Crippen molar-refractivity contribution in [2.24, 2.45) is 5.92 Å². The average Bonchev–Trinajstić information content (AvgIpc) is 2.25. The second-order valence-corrected chi connectivity index (χ2v) is 5.01. The number of halogens is 1. The molecule has 0 radical (unpaired) electrons. The largest absolute Gasteiger partial charge is 0.0839 e. The van der Waals surface area contributed by atoms with Crippen LogP contribution in [0.25, 0.3) is 6.08 Å². The molecule has 0 amide bonds. The van der Waals surface area contributed by atoms with Crippen molar-refractivity contribution in [2.45, 2.75) is 39.5 Å². The second-order valence-electron chi connectivity index (χ2n) is 4.60. The molecule has 1 aromatic carbocycles. The van der Waals surface area contributed by atoms with E-state index in [4.69, 9.17) is 11.6 Å². The molecule has 0 N–H and O–H groups in total. The van der Waals surface area contributed by atoms with Crippen LogP contribution in [0.4, 0.5) is 0 Å². The van der Waals surface area contributed by atoms with Gasteiger partial charge >= 0.3 is 0 Å². The van der Waals surface area contributed by atoms with E-state index < -0.39 is 0 Å². The monoisotopic (exact) mass is 236 g/mol. The van der Waals surface area contributed by atoms with Crippen molar-refractivity contribution in [3.63, 3.8) is 0 Å². The number of hydrogen-bond acceptors (Lipinski definition) is 0. The molecule has 0 fully saturated rings. The fourth-order valence-corrected chi connectivity index (χ4v) is 1.83. The molecule has 1 rings (SSSR count). The Morgan fingerprint density at radius 3 is 2.62 bits per heavy atom. The Hall–Kier alpha value is -0.750. The van der Waals surface area contributed by atoms with Crippen LogP contribution in [0.2, 0.25) is 5.02 Å². The van der Waals surface area contributed by atoms with Crippen LogP contribution >= 0.6 is 11.6 Å². The van der Waals surface area contributed by atoms with E-state index in [1.165, 1.54) is 19.3 Å². The van der Waals surface area contributed by atoms with Gasteiger partial charge in [0.1, 0.15) is 0 Å². The van der Waals surface area contributed by atoms with Crippen LogP contribution in [0, 0.1) is 5.92 Å². The van der Waals surface area contributed by atoms with Gasteiger partial charge in [0.05, 0.1) is 0 Å². The Bertz CT molecular complexity index is 326. The molecule has 0 saturated carbocycles. The first-order valence-corrected chi connectivity index (χ1v) is 6.49. The van der Waals surface area contributed by atoms with Crippen molar-refractivity contribution in [3.8, 4) is 0 Å². The summed E-state index contributed by atoms with van der Waals surface area (Å²) < 4.78 is 0. The zero-order chi connectivity index (χ0) is 11.8. The lowest BCUT2D eigenvalue weighted by atomic mass is 10.1. The molecule has 0 atom stereocenters. The van der Waals surface area contributed by atoms with Crippen LogP contribution in [-0.2, 0) is 0 Å². The summed E-state index contributed by atoms with van der Waals surface area (Å²) in [7, 11) is 0. The molecule has 0 heterocycles. The smallest absolute Gasteiger partial charge is 0.0478 e. The minimum atomic E-state index is 0.826. The third-order valence-corrected chi connectivity index (χ3v) is 2.95. The average molecular weight is 237 g/mol. The summed E-state index contributed by atoms with van der Waals surface area (Å²) in [4.78, 5) is 0. The highest BCUT2D eigenvalue weighted by Crippen LogP contribution is 2.17. The predicted molar refractivity (Wildman–Crippen MR) is 73.8 cm³/mol. The SMILES string of the molecule is CC(C)CCCCC=Cc1ccccc1Cl. The first kappa shape index (κ1) is 13.3. The highest BCUT2D eigenvalue weighted by molar-refractivity contribution is 6.32. The molecule has 0 unspecified atom stereocenters. The molecule has 0 saturated heterocycles. The van der Waals surface area contributed by atoms with E-state index >= 15 is 0 Å². The van der Waals surface area contributed by atoms with E-state index in [9.17, 15) is 0 Å². The van der Waals surface area contributed by atoms with Crippen molar-refractivity contribution in [1.82, 2.24) is 0 Å². The number of rotatable bonds is 6. The van der Waals surface area contributed by atoms with Gasteiger partial charge in [-0.1, -0.05) is 68.6 Å². The van der Waals surface area contributed by atoms with E-state index in [1.807, 2.05) is 24.3 Å². The Labute approximate surface area is 104 Å². The quantitative estimate of drug-likeness (QED) is 0.567. The van der Waals surface area contributed by atoms with Gasteiger partial charge in [0, 0.05) is 5.02 Å². The Morgan fingerprint density at radius 2 is 1.94 bits per heavy atom. The van der Waals surface area contributed by atoms with Crippen molar-refractivity contribution < 1.29 is 0 Å². The zero-order valence-corrected chi connectivity index (χ0v) is 11.0. The number of hydrogen-bond donors (Lipinski definition) is 0. The van der Waals surface area contributed by atoms with Crippen LogP contribution < -0.4 is 0 Å². The van der Waals surface area contributed by atoms with E-state index in [-0.39, 0.29) is 0 Å².